The third kappa shape index (κ3) is 2.99. The van der Waals surface area contributed by atoms with Crippen LogP contribution in [0.4, 0.5) is 10.1 Å². The van der Waals surface area contributed by atoms with Gasteiger partial charge in [0, 0.05) is 23.0 Å². The number of fused-ring (bicyclic) bond motifs is 1. The number of hydrogen-bond acceptors (Lipinski definition) is 2. The molecule has 1 aliphatic heterocycles. The molecule has 0 bridgehead atoms. The fourth-order valence-electron chi connectivity index (χ4n) is 4.02. The minimum Gasteiger partial charge on any atom is -0.364 e. The summed E-state index contributed by atoms with van der Waals surface area (Å²) in [6.45, 7) is 4.58. The summed E-state index contributed by atoms with van der Waals surface area (Å²) in [6.07, 6.45) is 3.66. The number of piperidine rings is 1. The molecule has 1 fully saturated rings. The predicted molar refractivity (Wildman–Crippen MR) is 102 cm³/mol. The Morgan fingerprint density at radius 2 is 1.64 bits per heavy atom. The Labute approximate surface area is 148 Å². The summed E-state index contributed by atoms with van der Waals surface area (Å²) in [4.78, 5) is 7.46. The minimum absolute atomic E-state index is 0.217. The first-order valence-corrected chi connectivity index (χ1v) is 9.07. The highest BCUT2D eigenvalue weighted by molar-refractivity contribution is 5.89. The van der Waals surface area contributed by atoms with Gasteiger partial charge in [-0.3, -0.25) is 0 Å². The molecule has 4 rings (SSSR count). The van der Waals surface area contributed by atoms with E-state index in [9.17, 15) is 4.39 Å². The van der Waals surface area contributed by atoms with Crippen molar-refractivity contribution >= 4 is 16.6 Å². The zero-order valence-electron chi connectivity index (χ0n) is 14.7. The molecule has 0 radical (unpaired) electrons. The maximum Gasteiger partial charge on any atom is 0.123 e. The van der Waals surface area contributed by atoms with E-state index in [4.69, 9.17) is 4.98 Å². The molecule has 128 valence electrons. The van der Waals surface area contributed by atoms with Crippen molar-refractivity contribution in [1.82, 2.24) is 4.98 Å². The van der Waals surface area contributed by atoms with E-state index in [0.29, 0.717) is 12.1 Å². The lowest BCUT2D eigenvalue weighted by Crippen LogP contribution is -2.44. The summed E-state index contributed by atoms with van der Waals surface area (Å²) >= 11 is 0. The zero-order valence-corrected chi connectivity index (χ0v) is 14.7. The number of rotatable bonds is 2. The summed E-state index contributed by atoms with van der Waals surface area (Å²) in [6, 6.07) is 18.1. The SMILES string of the molecule is CC1CCCC(C)N1c1cc2ccccc2nc1-c1ccc(F)cc1. The number of pyridine rings is 1. The van der Waals surface area contributed by atoms with Crippen molar-refractivity contribution in [3.63, 3.8) is 0 Å². The van der Waals surface area contributed by atoms with Gasteiger partial charge in [0.1, 0.15) is 5.82 Å². The first kappa shape index (κ1) is 16.1. The summed E-state index contributed by atoms with van der Waals surface area (Å²) in [5, 5.41) is 1.15. The van der Waals surface area contributed by atoms with Crippen molar-refractivity contribution in [2.45, 2.75) is 45.2 Å². The van der Waals surface area contributed by atoms with Gasteiger partial charge in [-0.05, 0) is 69.5 Å². The molecule has 0 amide bonds. The maximum atomic E-state index is 13.4. The molecule has 25 heavy (non-hydrogen) atoms. The third-order valence-corrected chi connectivity index (χ3v) is 5.29. The fraction of sp³-hybridized carbons (Fsp3) is 0.318. The van der Waals surface area contributed by atoms with Gasteiger partial charge < -0.3 is 4.90 Å². The molecule has 2 atom stereocenters. The first-order chi connectivity index (χ1) is 12.1. The van der Waals surface area contributed by atoms with Crippen LogP contribution >= 0.6 is 0 Å². The number of anilines is 1. The van der Waals surface area contributed by atoms with Crippen LogP contribution in [-0.2, 0) is 0 Å². The second kappa shape index (κ2) is 6.47. The fourth-order valence-corrected chi connectivity index (χ4v) is 4.02. The van der Waals surface area contributed by atoms with Crippen LogP contribution in [0.25, 0.3) is 22.2 Å². The van der Waals surface area contributed by atoms with Crippen LogP contribution in [0.3, 0.4) is 0 Å². The third-order valence-electron chi connectivity index (χ3n) is 5.29. The topological polar surface area (TPSA) is 16.1 Å². The van der Waals surface area contributed by atoms with Gasteiger partial charge in [-0.25, -0.2) is 9.37 Å². The molecule has 0 saturated carbocycles. The summed E-state index contributed by atoms with van der Waals surface area (Å²) in [7, 11) is 0. The van der Waals surface area contributed by atoms with E-state index in [1.807, 2.05) is 24.3 Å². The van der Waals surface area contributed by atoms with E-state index < -0.39 is 0 Å². The van der Waals surface area contributed by atoms with Crippen LogP contribution in [0.5, 0.6) is 0 Å². The summed E-state index contributed by atoms with van der Waals surface area (Å²) < 4.78 is 13.4. The number of aromatic nitrogens is 1. The Morgan fingerprint density at radius 3 is 2.36 bits per heavy atom. The second-order valence-electron chi connectivity index (χ2n) is 7.09. The highest BCUT2D eigenvalue weighted by atomic mass is 19.1. The molecule has 0 spiro atoms. The molecule has 2 heterocycles. The molecule has 1 saturated heterocycles. The van der Waals surface area contributed by atoms with Crippen molar-refractivity contribution < 1.29 is 4.39 Å². The number of hydrogen-bond donors (Lipinski definition) is 0. The first-order valence-electron chi connectivity index (χ1n) is 9.07. The Balaban J connectivity index is 1.94. The molecule has 1 aliphatic rings. The van der Waals surface area contributed by atoms with Gasteiger partial charge in [-0.15, -0.1) is 0 Å². The lowest BCUT2D eigenvalue weighted by molar-refractivity contribution is 0.414. The van der Waals surface area contributed by atoms with Gasteiger partial charge in [-0.2, -0.15) is 0 Å². The summed E-state index contributed by atoms with van der Waals surface area (Å²) in [5.41, 5.74) is 4.04. The number of benzene rings is 2. The lowest BCUT2D eigenvalue weighted by atomic mass is 9.95. The van der Waals surface area contributed by atoms with Crippen LogP contribution in [-0.4, -0.2) is 17.1 Å². The minimum atomic E-state index is -0.217. The standard InChI is InChI=1S/C22H23FN2/c1-15-6-5-7-16(2)25(15)21-14-18-8-3-4-9-20(18)24-22(21)17-10-12-19(23)13-11-17/h3-4,8-16H,5-7H2,1-2H3. The number of nitrogens with zero attached hydrogens (tertiary/aromatic N) is 2. The molecule has 2 aromatic carbocycles. The Morgan fingerprint density at radius 1 is 0.960 bits per heavy atom. The quantitative estimate of drug-likeness (QED) is 0.588. The van der Waals surface area contributed by atoms with Crippen molar-refractivity contribution in [1.29, 1.82) is 0 Å². The Bertz CT molecular complexity index is 878. The normalized spacial score (nSPS) is 20.8. The van der Waals surface area contributed by atoms with E-state index >= 15 is 0 Å². The van der Waals surface area contributed by atoms with E-state index in [1.54, 1.807) is 0 Å². The zero-order chi connectivity index (χ0) is 17.4. The molecular weight excluding hydrogens is 311 g/mol. The van der Waals surface area contributed by atoms with Crippen molar-refractivity contribution in [3.05, 3.63) is 60.4 Å². The monoisotopic (exact) mass is 334 g/mol. The van der Waals surface area contributed by atoms with Crippen LogP contribution in [0.1, 0.15) is 33.1 Å². The summed E-state index contributed by atoms with van der Waals surface area (Å²) in [5.74, 6) is -0.217. The van der Waals surface area contributed by atoms with Crippen LogP contribution < -0.4 is 4.90 Å². The van der Waals surface area contributed by atoms with Crippen LogP contribution in [0.2, 0.25) is 0 Å². The molecule has 0 N–H and O–H groups in total. The smallest absolute Gasteiger partial charge is 0.123 e. The molecule has 1 aromatic heterocycles. The Kier molecular flexibility index (Phi) is 4.16. The number of para-hydroxylation sites is 1. The number of halogens is 1. The highest BCUT2D eigenvalue weighted by Gasteiger charge is 2.27. The van der Waals surface area contributed by atoms with Crippen molar-refractivity contribution in [3.8, 4) is 11.3 Å². The van der Waals surface area contributed by atoms with E-state index in [0.717, 1.165) is 27.8 Å². The lowest BCUT2D eigenvalue weighted by Gasteiger charge is -2.41. The van der Waals surface area contributed by atoms with E-state index in [-0.39, 0.29) is 5.82 Å². The van der Waals surface area contributed by atoms with Gasteiger partial charge in [0.05, 0.1) is 16.9 Å². The molecule has 2 nitrogen and oxygen atoms in total. The molecular formula is C22H23FN2. The van der Waals surface area contributed by atoms with Gasteiger partial charge in [-0.1, -0.05) is 18.2 Å². The van der Waals surface area contributed by atoms with E-state index in [2.05, 4.69) is 36.9 Å². The van der Waals surface area contributed by atoms with Gasteiger partial charge in [0.15, 0.2) is 0 Å². The Hall–Kier alpha value is -2.42. The van der Waals surface area contributed by atoms with Crippen LogP contribution in [0, 0.1) is 5.82 Å². The average molecular weight is 334 g/mol. The van der Waals surface area contributed by atoms with E-state index in [1.165, 1.54) is 31.4 Å². The van der Waals surface area contributed by atoms with Crippen molar-refractivity contribution in [2.75, 3.05) is 4.90 Å². The largest absolute Gasteiger partial charge is 0.364 e. The maximum absolute atomic E-state index is 13.4. The van der Waals surface area contributed by atoms with Crippen LogP contribution in [0.15, 0.2) is 54.6 Å². The molecule has 3 aromatic rings. The second-order valence-corrected chi connectivity index (χ2v) is 7.09. The average Bonchev–Trinajstić information content (AvgIpc) is 2.62. The highest BCUT2D eigenvalue weighted by Crippen LogP contribution is 2.37. The molecule has 2 unspecified atom stereocenters. The predicted octanol–water partition coefficient (Wildman–Crippen LogP) is 5.81. The molecule has 3 heteroatoms. The van der Waals surface area contributed by atoms with Gasteiger partial charge >= 0.3 is 0 Å². The van der Waals surface area contributed by atoms with Crippen molar-refractivity contribution in [2.24, 2.45) is 0 Å². The van der Waals surface area contributed by atoms with Gasteiger partial charge in [0.25, 0.3) is 0 Å². The molecule has 0 aliphatic carbocycles. The van der Waals surface area contributed by atoms with Gasteiger partial charge in [0.2, 0.25) is 0 Å².